The lowest BCUT2D eigenvalue weighted by atomic mass is 10.1. The Morgan fingerprint density at radius 3 is 2.24 bits per heavy atom. The topological polar surface area (TPSA) is 58.2 Å². The lowest BCUT2D eigenvalue weighted by molar-refractivity contribution is -0.122. The Balaban J connectivity index is 1.54. The monoisotopic (exact) mass is 288 g/mol. The fourth-order valence-corrected chi connectivity index (χ4v) is 2.69. The molecule has 4 nitrogen and oxygen atoms in total. The van der Waals surface area contributed by atoms with Crippen molar-refractivity contribution in [1.82, 2.24) is 5.32 Å². The molecule has 1 aliphatic rings. The van der Waals surface area contributed by atoms with Crippen molar-refractivity contribution in [1.29, 1.82) is 0 Å². The molecule has 1 aromatic rings. The van der Waals surface area contributed by atoms with Crippen LogP contribution in [0.5, 0.6) is 0 Å². The molecule has 0 bridgehead atoms. The molecule has 1 aromatic carbocycles. The summed E-state index contributed by atoms with van der Waals surface area (Å²) in [5, 5.41) is 5.92. The Morgan fingerprint density at radius 2 is 1.57 bits per heavy atom. The molecule has 0 heterocycles. The van der Waals surface area contributed by atoms with Crippen LogP contribution < -0.4 is 10.6 Å². The first-order chi connectivity index (χ1) is 10.2. The normalized spacial score (nSPS) is 14.9. The molecule has 2 rings (SSSR count). The molecule has 114 valence electrons. The molecule has 2 amide bonds. The van der Waals surface area contributed by atoms with Crippen molar-refractivity contribution >= 4 is 17.5 Å². The van der Waals surface area contributed by atoms with E-state index in [1.807, 2.05) is 30.3 Å². The summed E-state index contributed by atoms with van der Waals surface area (Å²) in [7, 11) is 0. The van der Waals surface area contributed by atoms with Crippen LogP contribution in [-0.2, 0) is 9.59 Å². The predicted octanol–water partition coefficient (Wildman–Crippen LogP) is 3.24. The molecule has 1 aliphatic carbocycles. The zero-order valence-corrected chi connectivity index (χ0v) is 12.4. The molecule has 0 spiro atoms. The van der Waals surface area contributed by atoms with Crippen LogP contribution in [0.1, 0.15) is 51.4 Å². The van der Waals surface area contributed by atoms with Crippen molar-refractivity contribution in [3.63, 3.8) is 0 Å². The van der Waals surface area contributed by atoms with Crippen LogP contribution in [0.2, 0.25) is 0 Å². The number of rotatable bonds is 7. The first-order valence-corrected chi connectivity index (χ1v) is 7.88. The Bertz CT molecular complexity index is 453. The Kier molecular flexibility index (Phi) is 6.25. The molecule has 1 fully saturated rings. The first-order valence-electron chi connectivity index (χ1n) is 7.88. The number of amides is 2. The molecular weight excluding hydrogens is 264 g/mol. The maximum absolute atomic E-state index is 11.7. The summed E-state index contributed by atoms with van der Waals surface area (Å²) in [6.07, 6.45) is 7.18. The lowest BCUT2D eigenvalue weighted by Gasteiger charge is -2.11. The largest absolute Gasteiger partial charge is 0.353 e. The maximum Gasteiger partial charge on any atom is 0.224 e. The van der Waals surface area contributed by atoms with E-state index in [-0.39, 0.29) is 11.8 Å². The summed E-state index contributed by atoms with van der Waals surface area (Å²) in [4.78, 5) is 23.4. The zero-order valence-electron chi connectivity index (χ0n) is 12.4. The van der Waals surface area contributed by atoms with Crippen molar-refractivity contribution in [2.24, 2.45) is 0 Å². The van der Waals surface area contributed by atoms with E-state index in [1.54, 1.807) is 0 Å². The number of unbranched alkanes of at least 4 members (excludes halogenated alkanes) is 1. The van der Waals surface area contributed by atoms with Crippen molar-refractivity contribution in [2.45, 2.75) is 57.4 Å². The van der Waals surface area contributed by atoms with E-state index in [0.29, 0.717) is 18.9 Å². The molecule has 0 radical (unpaired) electrons. The van der Waals surface area contributed by atoms with E-state index in [9.17, 15) is 9.59 Å². The summed E-state index contributed by atoms with van der Waals surface area (Å²) >= 11 is 0. The highest BCUT2D eigenvalue weighted by molar-refractivity contribution is 5.90. The van der Waals surface area contributed by atoms with E-state index in [4.69, 9.17) is 0 Å². The molecule has 0 saturated heterocycles. The molecule has 4 heteroatoms. The van der Waals surface area contributed by atoms with Gasteiger partial charge in [-0.05, 0) is 37.8 Å². The Morgan fingerprint density at radius 1 is 0.952 bits per heavy atom. The fraction of sp³-hybridized carbons (Fsp3) is 0.529. The van der Waals surface area contributed by atoms with Gasteiger partial charge in [-0.25, -0.2) is 0 Å². The average molecular weight is 288 g/mol. The smallest absolute Gasteiger partial charge is 0.224 e. The van der Waals surface area contributed by atoms with Gasteiger partial charge in [-0.2, -0.15) is 0 Å². The highest BCUT2D eigenvalue weighted by Crippen LogP contribution is 2.17. The van der Waals surface area contributed by atoms with Gasteiger partial charge < -0.3 is 10.6 Å². The maximum atomic E-state index is 11.7. The summed E-state index contributed by atoms with van der Waals surface area (Å²) in [6, 6.07) is 9.82. The number of benzene rings is 1. The van der Waals surface area contributed by atoms with Gasteiger partial charge >= 0.3 is 0 Å². The number of carbonyl (C=O) groups excluding carboxylic acids is 2. The predicted molar refractivity (Wildman–Crippen MR) is 83.9 cm³/mol. The summed E-state index contributed by atoms with van der Waals surface area (Å²) in [5.41, 5.74) is 0.821. The lowest BCUT2D eigenvalue weighted by Crippen LogP contribution is -2.32. The molecular formula is C17H24N2O2. The first kappa shape index (κ1) is 15.5. The van der Waals surface area contributed by atoms with Gasteiger partial charge in [0.2, 0.25) is 11.8 Å². The number of para-hydroxylation sites is 1. The molecule has 21 heavy (non-hydrogen) atoms. The standard InChI is InChI=1S/C17H24N2O2/c20-16(18-14-8-2-1-3-9-14)12-6-7-13-17(21)19-15-10-4-5-11-15/h1-3,8-9,15H,4-7,10-13H2,(H,18,20)(H,19,21). The SMILES string of the molecule is O=C(CCCCC(=O)NC1CCCC1)Nc1ccccc1. The second kappa shape index (κ2) is 8.45. The van der Waals surface area contributed by atoms with Crippen LogP contribution in [0.3, 0.4) is 0 Å². The van der Waals surface area contributed by atoms with Crippen LogP contribution in [0.25, 0.3) is 0 Å². The third-order valence-electron chi connectivity index (χ3n) is 3.84. The van der Waals surface area contributed by atoms with E-state index >= 15 is 0 Å². The van der Waals surface area contributed by atoms with Gasteiger partial charge in [-0.15, -0.1) is 0 Å². The molecule has 2 N–H and O–H groups in total. The minimum Gasteiger partial charge on any atom is -0.353 e. The quantitative estimate of drug-likeness (QED) is 0.757. The van der Waals surface area contributed by atoms with Crippen molar-refractivity contribution in [3.05, 3.63) is 30.3 Å². The number of hydrogen-bond acceptors (Lipinski definition) is 2. The summed E-state index contributed by atoms with van der Waals surface area (Å²) < 4.78 is 0. The Hall–Kier alpha value is -1.84. The van der Waals surface area contributed by atoms with E-state index in [2.05, 4.69) is 10.6 Å². The van der Waals surface area contributed by atoms with Gasteiger partial charge in [-0.3, -0.25) is 9.59 Å². The van der Waals surface area contributed by atoms with Gasteiger partial charge in [0.1, 0.15) is 0 Å². The van der Waals surface area contributed by atoms with Crippen LogP contribution in [0, 0.1) is 0 Å². The number of hydrogen-bond donors (Lipinski definition) is 2. The van der Waals surface area contributed by atoms with Gasteiger partial charge in [0.15, 0.2) is 0 Å². The van der Waals surface area contributed by atoms with Crippen LogP contribution in [0.4, 0.5) is 5.69 Å². The molecule has 0 aliphatic heterocycles. The number of carbonyl (C=O) groups is 2. The van der Waals surface area contributed by atoms with Crippen molar-refractivity contribution in [2.75, 3.05) is 5.32 Å². The van der Waals surface area contributed by atoms with Gasteiger partial charge in [0.05, 0.1) is 0 Å². The van der Waals surface area contributed by atoms with Gasteiger partial charge in [-0.1, -0.05) is 31.0 Å². The summed E-state index contributed by atoms with van der Waals surface area (Å²) in [5.74, 6) is 0.141. The number of nitrogens with one attached hydrogen (secondary N) is 2. The molecule has 0 aromatic heterocycles. The van der Waals surface area contributed by atoms with Crippen LogP contribution in [0.15, 0.2) is 30.3 Å². The number of anilines is 1. The minimum atomic E-state index is 0.0115. The van der Waals surface area contributed by atoms with Crippen LogP contribution >= 0.6 is 0 Å². The highest BCUT2D eigenvalue weighted by atomic mass is 16.2. The zero-order chi connectivity index (χ0) is 14.9. The van der Waals surface area contributed by atoms with E-state index in [1.165, 1.54) is 12.8 Å². The minimum absolute atomic E-state index is 0.0115. The van der Waals surface area contributed by atoms with Crippen LogP contribution in [-0.4, -0.2) is 17.9 Å². The molecule has 1 saturated carbocycles. The second-order valence-corrected chi connectivity index (χ2v) is 5.67. The van der Waals surface area contributed by atoms with Gasteiger partial charge in [0, 0.05) is 24.6 Å². The van der Waals surface area contributed by atoms with Gasteiger partial charge in [0.25, 0.3) is 0 Å². The highest BCUT2D eigenvalue weighted by Gasteiger charge is 2.16. The molecule has 0 unspecified atom stereocenters. The van der Waals surface area contributed by atoms with E-state index < -0.39 is 0 Å². The summed E-state index contributed by atoms with van der Waals surface area (Å²) in [6.45, 7) is 0. The van der Waals surface area contributed by atoms with Crippen molar-refractivity contribution in [3.8, 4) is 0 Å². The van der Waals surface area contributed by atoms with Crippen molar-refractivity contribution < 1.29 is 9.59 Å². The fourth-order valence-electron chi connectivity index (χ4n) is 2.69. The third kappa shape index (κ3) is 5.98. The van der Waals surface area contributed by atoms with E-state index in [0.717, 1.165) is 31.4 Å². The average Bonchev–Trinajstić information content (AvgIpc) is 2.97. The molecule has 0 atom stereocenters. The second-order valence-electron chi connectivity index (χ2n) is 5.67. The third-order valence-corrected chi connectivity index (χ3v) is 3.84. The Labute approximate surface area is 126 Å².